The third-order valence-electron chi connectivity index (χ3n) is 2.58. The summed E-state index contributed by atoms with van der Waals surface area (Å²) in [6, 6.07) is 2.59. The maximum atomic E-state index is 13.2. The van der Waals surface area contributed by atoms with Crippen LogP contribution in [0.3, 0.4) is 0 Å². The Balaban J connectivity index is 2.11. The van der Waals surface area contributed by atoms with Gasteiger partial charge in [-0.15, -0.1) is 0 Å². The predicted molar refractivity (Wildman–Crippen MR) is 65.3 cm³/mol. The minimum Gasteiger partial charge on any atom is -0.396 e. The number of imidazole rings is 1. The van der Waals surface area contributed by atoms with Crippen LogP contribution in [0.4, 0.5) is 10.1 Å². The van der Waals surface area contributed by atoms with Crippen molar-refractivity contribution in [3.8, 4) is 0 Å². The molecule has 18 heavy (non-hydrogen) atoms. The fourth-order valence-electron chi connectivity index (χ4n) is 1.59. The summed E-state index contributed by atoms with van der Waals surface area (Å²) >= 11 is 0. The van der Waals surface area contributed by atoms with Crippen molar-refractivity contribution in [2.75, 3.05) is 5.73 Å². The molecule has 0 aliphatic heterocycles. The highest BCUT2D eigenvalue weighted by Crippen LogP contribution is 2.17. The van der Waals surface area contributed by atoms with Crippen LogP contribution in [0.2, 0.25) is 0 Å². The van der Waals surface area contributed by atoms with Crippen molar-refractivity contribution in [3.63, 3.8) is 0 Å². The highest BCUT2D eigenvalue weighted by Gasteiger charge is 2.12. The molecule has 94 valence electrons. The number of hydrogen-bond donors (Lipinski definition) is 3. The number of nitrogens with zero attached hydrogens (tertiary/aromatic N) is 1. The van der Waals surface area contributed by atoms with Crippen LogP contribution < -0.4 is 11.1 Å². The Morgan fingerprint density at radius 3 is 3.00 bits per heavy atom. The van der Waals surface area contributed by atoms with E-state index in [1.807, 2.05) is 0 Å². The number of benzene rings is 1. The first-order valence-corrected chi connectivity index (χ1v) is 5.39. The van der Waals surface area contributed by atoms with Crippen LogP contribution in [0.15, 0.2) is 24.7 Å². The predicted octanol–water partition coefficient (Wildman–Crippen LogP) is 1.37. The van der Waals surface area contributed by atoms with Crippen molar-refractivity contribution in [1.82, 2.24) is 15.3 Å². The fraction of sp³-hybridized carbons (Fsp3) is 0.167. The van der Waals surface area contributed by atoms with E-state index in [-0.39, 0.29) is 11.6 Å². The number of nitrogens with two attached hydrogens (primary N) is 1. The Hall–Kier alpha value is -2.37. The number of carbonyl (C=O) groups excluding carboxylic acids is 1. The van der Waals surface area contributed by atoms with Gasteiger partial charge in [0.2, 0.25) is 0 Å². The zero-order valence-electron chi connectivity index (χ0n) is 9.83. The molecule has 1 amide bonds. The third kappa shape index (κ3) is 2.48. The van der Waals surface area contributed by atoms with Gasteiger partial charge in [0.15, 0.2) is 0 Å². The highest BCUT2D eigenvalue weighted by molar-refractivity contribution is 5.96. The van der Waals surface area contributed by atoms with Crippen molar-refractivity contribution in [2.24, 2.45) is 0 Å². The molecule has 0 fully saturated rings. The van der Waals surface area contributed by atoms with Gasteiger partial charge in [0.05, 0.1) is 24.3 Å². The van der Waals surface area contributed by atoms with Crippen molar-refractivity contribution < 1.29 is 9.18 Å². The standard InChI is InChI=1S/C12H13FN4O/c1-7-2-10(13)11(14)3-9(7)12(18)16-5-8-4-15-6-17-8/h2-4,6H,5,14H2,1H3,(H,15,17)(H,16,18). The van der Waals surface area contributed by atoms with E-state index in [2.05, 4.69) is 15.3 Å². The highest BCUT2D eigenvalue weighted by atomic mass is 19.1. The molecule has 4 N–H and O–H groups in total. The molecule has 1 aromatic heterocycles. The molecule has 2 aromatic rings. The molecule has 0 saturated heterocycles. The second-order valence-corrected chi connectivity index (χ2v) is 3.95. The molecule has 0 spiro atoms. The third-order valence-corrected chi connectivity index (χ3v) is 2.58. The number of nitrogen functional groups attached to an aromatic ring is 1. The van der Waals surface area contributed by atoms with Crippen molar-refractivity contribution in [2.45, 2.75) is 13.5 Å². The van der Waals surface area contributed by atoms with E-state index < -0.39 is 5.82 Å². The van der Waals surface area contributed by atoms with Crippen LogP contribution >= 0.6 is 0 Å². The van der Waals surface area contributed by atoms with Crippen LogP contribution in [0.1, 0.15) is 21.6 Å². The number of nitrogens with one attached hydrogen (secondary N) is 2. The Labute approximate surface area is 103 Å². The van der Waals surface area contributed by atoms with Gasteiger partial charge in [0, 0.05) is 11.8 Å². The lowest BCUT2D eigenvalue weighted by molar-refractivity contribution is 0.0950. The minimum atomic E-state index is -0.516. The first kappa shape index (κ1) is 12.1. The van der Waals surface area contributed by atoms with E-state index in [1.165, 1.54) is 18.5 Å². The van der Waals surface area contributed by atoms with Gasteiger partial charge < -0.3 is 16.0 Å². The summed E-state index contributed by atoms with van der Waals surface area (Å²) in [5, 5.41) is 2.70. The zero-order chi connectivity index (χ0) is 13.1. The number of carbonyl (C=O) groups is 1. The molecule has 0 saturated carbocycles. The van der Waals surface area contributed by atoms with Gasteiger partial charge in [0.25, 0.3) is 5.91 Å². The van der Waals surface area contributed by atoms with Crippen LogP contribution in [0.5, 0.6) is 0 Å². The van der Waals surface area contributed by atoms with Gasteiger partial charge >= 0.3 is 0 Å². The molecule has 5 nitrogen and oxygen atoms in total. The number of hydrogen-bond acceptors (Lipinski definition) is 3. The molecule has 6 heteroatoms. The first-order chi connectivity index (χ1) is 8.58. The van der Waals surface area contributed by atoms with Crippen LogP contribution in [-0.4, -0.2) is 15.9 Å². The van der Waals surface area contributed by atoms with E-state index >= 15 is 0 Å². The maximum Gasteiger partial charge on any atom is 0.251 e. The van der Waals surface area contributed by atoms with E-state index in [9.17, 15) is 9.18 Å². The summed E-state index contributed by atoms with van der Waals surface area (Å²) in [5.74, 6) is -0.814. The molecule has 1 aromatic carbocycles. The number of aryl methyl sites for hydroxylation is 1. The second kappa shape index (κ2) is 4.87. The van der Waals surface area contributed by atoms with Crippen molar-refractivity contribution in [3.05, 3.63) is 47.3 Å². The van der Waals surface area contributed by atoms with E-state index in [1.54, 1.807) is 13.1 Å². The Bertz CT molecular complexity index is 566. The smallest absolute Gasteiger partial charge is 0.251 e. The molecule has 0 aliphatic carbocycles. The molecule has 1 heterocycles. The lowest BCUT2D eigenvalue weighted by Gasteiger charge is -2.08. The average molecular weight is 248 g/mol. The van der Waals surface area contributed by atoms with Crippen LogP contribution in [0.25, 0.3) is 0 Å². The van der Waals surface area contributed by atoms with Gasteiger partial charge in [-0.25, -0.2) is 9.37 Å². The molecule has 0 bridgehead atoms. The molecule has 0 unspecified atom stereocenters. The topological polar surface area (TPSA) is 83.8 Å². The number of H-pyrrole nitrogens is 1. The van der Waals surface area contributed by atoms with Gasteiger partial charge in [-0.3, -0.25) is 4.79 Å². The number of anilines is 1. The van der Waals surface area contributed by atoms with Crippen LogP contribution in [0, 0.1) is 12.7 Å². The first-order valence-electron chi connectivity index (χ1n) is 5.39. The molecule has 0 radical (unpaired) electrons. The van der Waals surface area contributed by atoms with Gasteiger partial charge in [0.1, 0.15) is 5.82 Å². The van der Waals surface area contributed by atoms with Crippen molar-refractivity contribution in [1.29, 1.82) is 0 Å². The lowest BCUT2D eigenvalue weighted by Crippen LogP contribution is -2.24. The summed E-state index contributed by atoms with van der Waals surface area (Å²) in [7, 11) is 0. The Kier molecular flexibility index (Phi) is 3.27. The van der Waals surface area contributed by atoms with E-state index in [0.29, 0.717) is 17.7 Å². The number of rotatable bonds is 3. The average Bonchev–Trinajstić information content (AvgIpc) is 2.84. The normalized spacial score (nSPS) is 10.3. The fourth-order valence-corrected chi connectivity index (χ4v) is 1.59. The molecular weight excluding hydrogens is 235 g/mol. The SMILES string of the molecule is Cc1cc(F)c(N)cc1C(=O)NCc1cnc[nH]1. The number of halogens is 1. The second-order valence-electron chi connectivity index (χ2n) is 3.95. The van der Waals surface area contributed by atoms with E-state index in [0.717, 1.165) is 5.69 Å². The number of aromatic nitrogens is 2. The van der Waals surface area contributed by atoms with E-state index in [4.69, 9.17) is 5.73 Å². The van der Waals surface area contributed by atoms with Gasteiger partial charge in [-0.05, 0) is 24.6 Å². The molecule has 0 atom stereocenters. The summed E-state index contributed by atoms with van der Waals surface area (Å²) in [6.07, 6.45) is 3.15. The maximum absolute atomic E-state index is 13.2. The zero-order valence-corrected chi connectivity index (χ0v) is 9.83. The van der Waals surface area contributed by atoms with Gasteiger partial charge in [-0.2, -0.15) is 0 Å². The largest absolute Gasteiger partial charge is 0.396 e. The van der Waals surface area contributed by atoms with Crippen LogP contribution in [-0.2, 0) is 6.54 Å². The minimum absolute atomic E-state index is 0.0349. The molecule has 0 aliphatic rings. The summed E-state index contributed by atoms with van der Waals surface area (Å²) in [5.41, 5.74) is 7.11. The molecular formula is C12H13FN4O. The summed E-state index contributed by atoms with van der Waals surface area (Å²) in [6.45, 7) is 1.99. The summed E-state index contributed by atoms with van der Waals surface area (Å²) < 4.78 is 13.2. The number of amides is 1. The Morgan fingerprint density at radius 2 is 2.33 bits per heavy atom. The monoisotopic (exact) mass is 248 g/mol. The van der Waals surface area contributed by atoms with Crippen molar-refractivity contribution >= 4 is 11.6 Å². The summed E-state index contributed by atoms with van der Waals surface area (Å²) in [4.78, 5) is 18.6. The number of aromatic amines is 1. The lowest BCUT2D eigenvalue weighted by atomic mass is 10.1. The Morgan fingerprint density at radius 1 is 1.56 bits per heavy atom. The molecule has 2 rings (SSSR count). The van der Waals surface area contributed by atoms with Gasteiger partial charge in [-0.1, -0.05) is 0 Å². The quantitative estimate of drug-likeness (QED) is 0.717.